The van der Waals surface area contributed by atoms with Crippen molar-refractivity contribution in [2.75, 3.05) is 46.6 Å². The number of methoxy groups -OCH3 is 1. The van der Waals surface area contributed by atoms with Crippen molar-refractivity contribution < 1.29 is 14.2 Å². The van der Waals surface area contributed by atoms with Crippen LogP contribution in [0.25, 0.3) is 0 Å². The molecule has 1 saturated carbocycles. The minimum absolute atomic E-state index is 0. The van der Waals surface area contributed by atoms with Crippen molar-refractivity contribution in [1.29, 1.82) is 0 Å². The van der Waals surface area contributed by atoms with Crippen LogP contribution in [-0.2, 0) is 27.4 Å². The van der Waals surface area contributed by atoms with Crippen LogP contribution in [0, 0.1) is 5.41 Å². The van der Waals surface area contributed by atoms with Gasteiger partial charge in [-0.2, -0.15) is 0 Å². The molecule has 0 radical (unpaired) electrons. The van der Waals surface area contributed by atoms with Gasteiger partial charge in [-0.1, -0.05) is 30.7 Å². The molecule has 172 valence electrons. The molecule has 1 aromatic rings. The van der Waals surface area contributed by atoms with Crippen LogP contribution < -0.4 is 10.6 Å². The maximum absolute atomic E-state index is 5.67. The van der Waals surface area contributed by atoms with Gasteiger partial charge in [0.15, 0.2) is 5.96 Å². The number of ether oxygens (including phenoxy) is 3. The summed E-state index contributed by atoms with van der Waals surface area (Å²) in [7, 11) is 1.78. The maximum atomic E-state index is 5.67. The van der Waals surface area contributed by atoms with Gasteiger partial charge in [0.05, 0.1) is 26.4 Å². The second kappa shape index (κ2) is 15.8. The van der Waals surface area contributed by atoms with Gasteiger partial charge < -0.3 is 24.8 Å². The quantitative estimate of drug-likeness (QED) is 0.163. The molecule has 0 bridgehead atoms. The fourth-order valence-corrected chi connectivity index (χ4v) is 3.56. The third-order valence-electron chi connectivity index (χ3n) is 5.48. The highest BCUT2D eigenvalue weighted by atomic mass is 127. The highest BCUT2D eigenvalue weighted by Gasteiger charge is 2.36. The van der Waals surface area contributed by atoms with E-state index in [0.717, 1.165) is 38.7 Å². The first-order chi connectivity index (χ1) is 14.2. The number of benzene rings is 1. The van der Waals surface area contributed by atoms with E-state index in [1.807, 2.05) is 6.92 Å². The van der Waals surface area contributed by atoms with E-state index in [0.29, 0.717) is 31.8 Å². The summed E-state index contributed by atoms with van der Waals surface area (Å²) >= 11 is 0. The fraction of sp³-hybridized carbons (Fsp3) is 0.696. The monoisotopic (exact) mass is 533 g/mol. The predicted octanol–water partition coefficient (Wildman–Crippen LogP) is 4.12. The van der Waals surface area contributed by atoms with E-state index in [-0.39, 0.29) is 24.0 Å². The lowest BCUT2D eigenvalue weighted by atomic mass is 9.67. The van der Waals surface area contributed by atoms with Gasteiger partial charge in [-0.05, 0) is 49.7 Å². The van der Waals surface area contributed by atoms with Crippen LogP contribution in [0.15, 0.2) is 29.3 Å². The van der Waals surface area contributed by atoms with Crippen LogP contribution in [-0.4, -0.2) is 52.6 Å². The van der Waals surface area contributed by atoms with E-state index in [4.69, 9.17) is 19.2 Å². The highest BCUT2D eigenvalue weighted by molar-refractivity contribution is 14.0. The Morgan fingerprint density at radius 1 is 1.07 bits per heavy atom. The van der Waals surface area contributed by atoms with Crippen LogP contribution in [0.2, 0.25) is 0 Å². The minimum Gasteiger partial charge on any atom is -0.385 e. The first-order valence-electron chi connectivity index (χ1n) is 11.0. The van der Waals surface area contributed by atoms with Gasteiger partial charge in [0.2, 0.25) is 0 Å². The summed E-state index contributed by atoms with van der Waals surface area (Å²) in [5, 5.41) is 6.92. The van der Waals surface area contributed by atoms with E-state index in [1.165, 1.54) is 30.4 Å². The molecule has 0 unspecified atom stereocenters. The standard InChI is InChI=1S/C23H39N3O3.HI/c1-4-24-22(26-19-23(10-7-11-23)12-13-27-3)25-17-20-8-6-9-21(16-20)18-29-15-14-28-5-2;/h6,8-9,16H,4-5,7,10-15,17-19H2,1-3H3,(H2,24,25,26);1H. The summed E-state index contributed by atoms with van der Waals surface area (Å²) in [6, 6.07) is 8.44. The lowest BCUT2D eigenvalue weighted by molar-refractivity contribution is 0.0453. The number of aliphatic imine (C=N–C) groups is 1. The molecule has 1 aromatic carbocycles. The molecule has 0 heterocycles. The number of guanidine groups is 1. The molecule has 0 aliphatic heterocycles. The minimum atomic E-state index is 0. The van der Waals surface area contributed by atoms with Crippen molar-refractivity contribution >= 4 is 29.9 Å². The van der Waals surface area contributed by atoms with Crippen molar-refractivity contribution in [2.45, 2.75) is 52.7 Å². The van der Waals surface area contributed by atoms with Crippen molar-refractivity contribution in [3.8, 4) is 0 Å². The van der Waals surface area contributed by atoms with E-state index < -0.39 is 0 Å². The van der Waals surface area contributed by atoms with Gasteiger partial charge >= 0.3 is 0 Å². The highest BCUT2D eigenvalue weighted by Crippen LogP contribution is 2.43. The SMILES string of the molecule is CCNC(=NCc1cccc(COCCOCC)c1)NCC1(CCOC)CCC1.I. The number of rotatable bonds is 14. The van der Waals surface area contributed by atoms with Crippen molar-refractivity contribution in [2.24, 2.45) is 10.4 Å². The molecule has 0 amide bonds. The number of hydrogen-bond acceptors (Lipinski definition) is 4. The maximum Gasteiger partial charge on any atom is 0.191 e. The fourth-order valence-electron chi connectivity index (χ4n) is 3.56. The summed E-state index contributed by atoms with van der Waals surface area (Å²) in [6.07, 6.45) is 4.97. The van der Waals surface area contributed by atoms with Crippen LogP contribution in [0.4, 0.5) is 0 Å². The number of hydrogen-bond donors (Lipinski definition) is 2. The molecule has 2 rings (SSSR count). The van der Waals surface area contributed by atoms with Crippen LogP contribution in [0.3, 0.4) is 0 Å². The van der Waals surface area contributed by atoms with Gasteiger partial charge in [-0.25, -0.2) is 4.99 Å². The molecule has 6 nitrogen and oxygen atoms in total. The molecule has 1 aliphatic rings. The summed E-state index contributed by atoms with van der Waals surface area (Å²) in [6.45, 7) is 9.97. The lowest BCUT2D eigenvalue weighted by Gasteiger charge is -2.42. The second-order valence-corrected chi connectivity index (χ2v) is 7.71. The van der Waals surface area contributed by atoms with Crippen LogP contribution in [0.5, 0.6) is 0 Å². The summed E-state index contributed by atoms with van der Waals surface area (Å²) in [5.74, 6) is 0.884. The number of halogens is 1. The predicted molar refractivity (Wildman–Crippen MR) is 134 cm³/mol. The Bertz CT molecular complexity index is 609. The molecule has 0 atom stereocenters. The summed E-state index contributed by atoms with van der Waals surface area (Å²) < 4.78 is 16.3. The van der Waals surface area contributed by atoms with Gasteiger partial charge in [-0.3, -0.25) is 0 Å². The lowest BCUT2D eigenvalue weighted by Crippen LogP contribution is -2.46. The molecule has 2 N–H and O–H groups in total. The summed E-state index contributed by atoms with van der Waals surface area (Å²) in [5.41, 5.74) is 2.72. The average Bonchev–Trinajstić information content (AvgIpc) is 2.71. The van der Waals surface area contributed by atoms with Crippen molar-refractivity contribution in [3.63, 3.8) is 0 Å². The average molecular weight is 533 g/mol. The zero-order valence-corrected chi connectivity index (χ0v) is 21.2. The van der Waals surface area contributed by atoms with Crippen LogP contribution >= 0.6 is 24.0 Å². The smallest absolute Gasteiger partial charge is 0.191 e. The van der Waals surface area contributed by atoms with Gasteiger partial charge in [-0.15, -0.1) is 24.0 Å². The molecular formula is C23H40IN3O3. The third-order valence-corrected chi connectivity index (χ3v) is 5.48. The van der Waals surface area contributed by atoms with E-state index in [9.17, 15) is 0 Å². The molecule has 1 aliphatic carbocycles. The number of nitrogens with one attached hydrogen (secondary N) is 2. The van der Waals surface area contributed by atoms with E-state index in [1.54, 1.807) is 7.11 Å². The van der Waals surface area contributed by atoms with Crippen molar-refractivity contribution in [3.05, 3.63) is 35.4 Å². The Balaban J connectivity index is 0.00000450. The Hall–Kier alpha value is -0.900. The molecule has 0 spiro atoms. The number of nitrogens with zero attached hydrogens (tertiary/aromatic N) is 1. The Morgan fingerprint density at radius 2 is 1.83 bits per heavy atom. The van der Waals surface area contributed by atoms with Crippen LogP contribution in [0.1, 0.15) is 50.7 Å². The first-order valence-corrected chi connectivity index (χ1v) is 11.0. The zero-order chi connectivity index (χ0) is 20.8. The zero-order valence-electron chi connectivity index (χ0n) is 18.9. The molecule has 1 fully saturated rings. The molecular weight excluding hydrogens is 493 g/mol. The van der Waals surface area contributed by atoms with Gasteiger partial charge in [0.25, 0.3) is 0 Å². The normalized spacial score (nSPS) is 15.2. The molecule has 0 aromatic heterocycles. The Kier molecular flexibility index (Phi) is 14.3. The Morgan fingerprint density at radius 3 is 2.50 bits per heavy atom. The Labute approximate surface area is 199 Å². The molecule has 7 heteroatoms. The first kappa shape index (κ1) is 27.1. The van der Waals surface area contributed by atoms with Gasteiger partial charge in [0.1, 0.15) is 0 Å². The topological polar surface area (TPSA) is 64.1 Å². The van der Waals surface area contributed by atoms with E-state index >= 15 is 0 Å². The molecule has 0 saturated heterocycles. The largest absolute Gasteiger partial charge is 0.385 e. The second-order valence-electron chi connectivity index (χ2n) is 7.71. The third kappa shape index (κ3) is 9.94. The van der Waals surface area contributed by atoms with E-state index in [2.05, 4.69) is 41.8 Å². The molecule has 30 heavy (non-hydrogen) atoms. The van der Waals surface area contributed by atoms with Crippen molar-refractivity contribution in [1.82, 2.24) is 10.6 Å². The summed E-state index contributed by atoms with van der Waals surface area (Å²) in [4.78, 5) is 4.79. The van der Waals surface area contributed by atoms with Gasteiger partial charge in [0, 0.05) is 33.4 Å².